The van der Waals surface area contributed by atoms with Crippen molar-refractivity contribution >= 4 is 17.4 Å². The van der Waals surface area contributed by atoms with Crippen LogP contribution in [0, 0.1) is 21.4 Å². The standard InChI is InChI=1S/C10H11N5O3/c1-10(2,9(12)16)14-8-7(15(17)18)6(5-11)3-4-13-8/h3-4H,1-2H3,(H2,12,16)(H,13,14). The molecule has 1 aromatic heterocycles. The van der Waals surface area contributed by atoms with Crippen LogP contribution in [0.3, 0.4) is 0 Å². The molecule has 0 aliphatic heterocycles. The summed E-state index contributed by atoms with van der Waals surface area (Å²) in [6, 6.07) is 2.92. The monoisotopic (exact) mass is 249 g/mol. The maximum atomic E-state index is 11.2. The van der Waals surface area contributed by atoms with Crippen LogP contribution in [0.25, 0.3) is 0 Å². The van der Waals surface area contributed by atoms with Crippen LogP contribution in [0.5, 0.6) is 0 Å². The normalized spacial score (nSPS) is 10.5. The molecular weight excluding hydrogens is 238 g/mol. The molecule has 0 spiro atoms. The Morgan fingerprint density at radius 3 is 2.72 bits per heavy atom. The van der Waals surface area contributed by atoms with E-state index in [1.807, 2.05) is 0 Å². The van der Waals surface area contributed by atoms with Crippen molar-refractivity contribution < 1.29 is 9.72 Å². The summed E-state index contributed by atoms with van der Waals surface area (Å²) in [5.74, 6) is -0.858. The van der Waals surface area contributed by atoms with Crippen LogP contribution in [0.4, 0.5) is 11.5 Å². The number of amides is 1. The van der Waals surface area contributed by atoms with Gasteiger partial charge in [-0.15, -0.1) is 0 Å². The minimum atomic E-state index is -1.22. The zero-order chi connectivity index (χ0) is 13.9. The Morgan fingerprint density at radius 2 is 2.28 bits per heavy atom. The molecule has 0 atom stereocenters. The molecule has 1 aromatic rings. The number of nitrogens with one attached hydrogen (secondary N) is 1. The molecule has 1 heterocycles. The fourth-order valence-electron chi connectivity index (χ4n) is 1.18. The molecule has 0 aliphatic rings. The smallest absolute Gasteiger partial charge is 0.329 e. The van der Waals surface area contributed by atoms with Crippen molar-refractivity contribution in [2.75, 3.05) is 5.32 Å². The van der Waals surface area contributed by atoms with Crippen LogP contribution in [-0.2, 0) is 4.79 Å². The van der Waals surface area contributed by atoms with Gasteiger partial charge in [-0.2, -0.15) is 5.26 Å². The van der Waals surface area contributed by atoms with Gasteiger partial charge < -0.3 is 11.1 Å². The third-order valence-electron chi connectivity index (χ3n) is 2.27. The molecule has 0 unspecified atom stereocenters. The van der Waals surface area contributed by atoms with Gasteiger partial charge >= 0.3 is 5.69 Å². The van der Waals surface area contributed by atoms with Gasteiger partial charge in [-0.05, 0) is 19.9 Å². The van der Waals surface area contributed by atoms with E-state index >= 15 is 0 Å². The van der Waals surface area contributed by atoms with Crippen LogP contribution in [0.15, 0.2) is 12.3 Å². The Labute approximate surface area is 103 Å². The molecule has 0 aliphatic carbocycles. The summed E-state index contributed by atoms with van der Waals surface area (Å²) in [7, 11) is 0. The topological polar surface area (TPSA) is 135 Å². The zero-order valence-electron chi connectivity index (χ0n) is 9.80. The predicted molar refractivity (Wildman–Crippen MR) is 62.5 cm³/mol. The number of pyridine rings is 1. The Kier molecular flexibility index (Phi) is 3.47. The summed E-state index contributed by atoms with van der Waals surface area (Å²) >= 11 is 0. The summed E-state index contributed by atoms with van der Waals surface area (Å²) in [4.78, 5) is 25.1. The first kappa shape index (κ1) is 13.4. The van der Waals surface area contributed by atoms with Gasteiger partial charge in [0.15, 0.2) is 0 Å². The Hall–Kier alpha value is -2.69. The van der Waals surface area contributed by atoms with E-state index in [0.717, 1.165) is 0 Å². The first-order valence-electron chi connectivity index (χ1n) is 4.91. The molecule has 1 amide bonds. The molecule has 3 N–H and O–H groups in total. The van der Waals surface area contributed by atoms with Crippen molar-refractivity contribution in [1.82, 2.24) is 4.98 Å². The number of nitrogens with two attached hydrogens (primary N) is 1. The second-order valence-corrected chi connectivity index (χ2v) is 4.04. The molecule has 1 rings (SSSR count). The molecule has 0 saturated heterocycles. The molecule has 8 heteroatoms. The SMILES string of the molecule is CC(C)(Nc1nccc(C#N)c1[N+](=O)[O-])C(N)=O. The number of nitro groups is 1. The molecule has 94 valence electrons. The van der Waals surface area contributed by atoms with Gasteiger partial charge in [0.1, 0.15) is 17.2 Å². The lowest BCUT2D eigenvalue weighted by Gasteiger charge is -2.22. The quantitative estimate of drug-likeness (QED) is 0.590. The highest BCUT2D eigenvalue weighted by Gasteiger charge is 2.30. The Balaban J connectivity index is 3.31. The Bertz CT molecular complexity index is 547. The summed E-state index contributed by atoms with van der Waals surface area (Å²) < 4.78 is 0. The van der Waals surface area contributed by atoms with Crippen molar-refractivity contribution in [3.05, 3.63) is 27.9 Å². The average Bonchev–Trinajstić information content (AvgIpc) is 2.27. The second kappa shape index (κ2) is 4.67. The van der Waals surface area contributed by atoms with E-state index in [4.69, 9.17) is 11.0 Å². The number of primary amides is 1. The number of rotatable bonds is 4. The first-order valence-corrected chi connectivity index (χ1v) is 4.91. The van der Waals surface area contributed by atoms with Gasteiger partial charge in [-0.3, -0.25) is 14.9 Å². The summed E-state index contributed by atoms with van der Waals surface area (Å²) in [6.45, 7) is 2.92. The first-order chi connectivity index (χ1) is 8.29. The fourth-order valence-corrected chi connectivity index (χ4v) is 1.18. The highest BCUT2D eigenvalue weighted by atomic mass is 16.6. The van der Waals surface area contributed by atoms with Crippen molar-refractivity contribution in [3.63, 3.8) is 0 Å². The van der Waals surface area contributed by atoms with E-state index < -0.39 is 22.1 Å². The van der Waals surface area contributed by atoms with Crippen molar-refractivity contribution in [2.45, 2.75) is 19.4 Å². The number of hydrogen-bond donors (Lipinski definition) is 2. The molecule has 0 fully saturated rings. The van der Waals surface area contributed by atoms with Gasteiger partial charge in [0.05, 0.1) is 4.92 Å². The van der Waals surface area contributed by atoms with Gasteiger partial charge in [-0.25, -0.2) is 4.98 Å². The summed E-state index contributed by atoms with van der Waals surface area (Å²) in [5, 5.41) is 22.3. The largest absolute Gasteiger partial charge is 0.368 e. The van der Waals surface area contributed by atoms with Crippen molar-refractivity contribution in [2.24, 2.45) is 5.73 Å². The van der Waals surface area contributed by atoms with E-state index in [2.05, 4.69) is 10.3 Å². The summed E-state index contributed by atoms with van der Waals surface area (Å²) in [6.07, 6.45) is 1.24. The zero-order valence-corrected chi connectivity index (χ0v) is 9.80. The molecule has 0 aromatic carbocycles. The number of hydrogen-bond acceptors (Lipinski definition) is 6. The third kappa shape index (κ3) is 2.52. The average molecular weight is 249 g/mol. The highest BCUT2D eigenvalue weighted by molar-refractivity contribution is 5.87. The van der Waals surface area contributed by atoms with Crippen LogP contribution in [0.1, 0.15) is 19.4 Å². The molecule has 0 radical (unpaired) electrons. The minimum Gasteiger partial charge on any atom is -0.368 e. The maximum Gasteiger partial charge on any atom is 0.329 e. The minimum absolute atomic E-state index is 0.141. The molecular formula is C10H11N5O3. The lowest BCUT2D eigenvalue weighted by atomic mass is 10.0. The van der Waals surface area contributed by atoms with E-state index in [0.29, 0.717) is 0 Å². The number of carbonyl (C=O) groups excluding carboxylic acids is 1. The molecule has 0 saturated carbocycles. The molecule has 8 nitrogen and oxygen atoms in total. The Morgan fingerprint density at radius 1 is 1.67 bits per heavy atom. The second-order valence-electron chi connectivity index (χ2n) is 4.04. The summed E-state index contributed by atoms with van der Waals surface area (Å²) in [5.41, 5.74) is 3.32. The van der Waals surface area contributed by atoms with Gasteiger partial charge in [-0.1, -0.05) is 0 Å². The maximum absolute atomic E-state index is 11.2. The van der Waals surface area contributed by atoms with Crippen LogP contribution < -0.4 is 11.1 Å². The van der Waals surface area contributed by atoms with Gasteiger partial charge in [0.2, 0.25) is 11.7 Å². The predicted octanol–water partition coefficient (Wildman–Crippen LogP) is 0.537. The lowest BCUT2D eigenvalue weighted by Crippen LogP contribution is -2.45. The van der Waals surface area contributed by atoms with Crippen molar-refractivity contribution in [1.29, 1.82) is 5.26 Å². The van der Waals surface area contributed by atoms with Crippen LogP contribution in [-0.4, -0.2) is 21.4 Å². The van der Waals surface area contributed by atoms with Crippen LogP contribution in [0.2, 0.25) is 0 Å². The third-order valence-corrected chi connectivity index (χ3v) is 2.27. The van der Waals surface area contributed by atoms with E-state index in [1.165, 1.54) is 26.1 Å². The van der Waals surface area contributed by atoms with E-state index in [-0.39, 0.29) is 11.4 Å². The number of nitrogens with zero attached hydrogens (tertiary/aromatic N) is 3. The number of aromatic nitrogens is 1. The number of nitriles is 1. The number of anilines is 1. The van der Waals surface area contributed by atoms with Crippen LogP contribution >= 0.6 is 0 Å². The molecule has 0 bridgehead atoms. The van der Waals surface area contributed by atoms with Crippen molar-refractivity contribution in [3.8, 4) is 6.07 Å². The highest BCUT2D eigenvalue weighted by Crippen LogP contribution is 2.27. The number of carbonyl (C=O) groups is 1. The van der Waals surface area contributed by atoms with E-state index in [9.17, 15) is 14.9 Å². The van der Waals surface area contributed by atoms with E-state index in [1.54, 1.807) is 6.07 Å². The fraction of sp³-hybridized carbons (Fsp3) is 0.300. The lowest BCUT2D eigenvalue weighted by molar-refractivity contribution is -0.384. The van der Waals surface area contributed by atoms with Gasteiger partial charge in [0, 0.05) is 6.20 Å². The van der Waals surface area contributed by atoms with Gasteiger partial charge in [0.25, 0.3) is 0 Å². The molecule has 18 heavy (non-hydrogen) atoms.